The van der Waals surface area contributed by atoms with Crippen molar-refractivity contribution in [1.29, 1.82) is 5.26 Å². The van der Waals surface area contributed by atoms with Gasteiger partial charge < -0.3 is 0 Å². The molecule has 0 N–H and O–H groups in total. The monoisotopic (exact) mass is 135 g/mol. The second kappa shape index (κ2) is 4.11. The molecule has 0 aromatic rings. The minimum absolute atomic E-state index is 0.324. The predicted octanol–water partition coefficient (Wildman–Crippen LogP) is 2.65. The molecular formula is C9H13N. The summed E-state index contributed by atoms with van der Waals surface area (Å²) in [5.41, 5.74) is 0. The van der Waals surface area contributed by atoms with Crippen LogP contribution in [0.15, 0.2) is 12.2 Å². The highest BCUT2D eigenvalue weighted by Crippen LogP contribution is 2.17. The average molecular weight is 135 g/mol. The van der Waals surface area contributed by atoms with Gasteiger partial charge in [-0.25, -0.2) is 0 Å². The van der Waals surface area contributed by atoms with Crippen molar-refractivity contribution in [1.82, 2.24) is 0 Å². The standard InChI is InChI=1S/C9H13N/c10-8-9-6-4-2-1-3-5-7-9/h1-2,9H,3-7H2/t9-/m0/s1. The van der Waals surface area contributed by atoms with E-state index in [1.54, 1.807) is 0 Å². The van der Waals surface area contributed by atoms with Crippen LogP contribution in [0.4, 0.5) is 0 Å². The summed E-state index contributed by atoms with van der Waals surface area (Å²) in [7, 11) is 0. The van der Waals surface area contributed by atoms with E-state index in [0.717, 1.165) is 25.7 Å². The van der Waals surface area contributed by atoms with Crippen molar-refractivity contribution in [2.24, 2.45) is 5.92 Å². The van der Waals surface area contributed by atoms with E-state index >= 15 is 0 Å². The van der Waals surface area contributed by atoms with Crippen LogP contribution in [0.1, 0.15) is 32.1 Å². The maximum Gasteiger partial charge on any atom is 0.0655 e. The number of hydrogen-bond acceptors (Lipinski definition) is 1. The number of allylic oxidation sites excluding steroid dienone is 2. The average Bonchev–Trinajstić information content (AvgIpc) is 1.87. The zero-order valence-electron chi connectivity index (χ0n) is 6.21. The predicted molar refractivity (Wildman–Crippen MR) is 41.3 cm³/mol. The first-order chi connectivity index (χ1) is 4.93. The summed E-state index contributed by atoms with van der Waals surface area (Å²) >= 11 is 0. The summed E-state index contributed by atoms with van der Waals surface area (Å²) < 4.78 is 0. The summed E-state index contributed by atoms with van der Waals surface area (Å²) in [4.78, 5) is 0. The van der Waals surface area contributed by atoms with Crippen LogP contribution in [-0.2, 0) is 0 Å². The van der Waals surface area contributed by atoms with Crippen molar-refractivity contribution in [2.45, 2.75) is 32.1 Å². The Hall–Kier alpha value is -0.770. The fourth-order valence-corrected chi connectivity index (χ4v) is 1.29. The zero-order valence-corrected chi connectivity index (χ0v) is 6.21. The Morgan fingerprint density at radius 3 is 2.80 bits per heavy atom. The van der Waals surface area contributed by atoms with Crippen LogP contribution in [-0.4, -0.2) is 0 Å². The van der Waals surface area contributed by atoms with E-state index in [1.165, 1.54) is 6.42 Å². The van der Waals surface area contributed by atoms with Gasteiger partial charge in [0, 0.05) is 5.92 Å². The molecule has 1 aliphatic rings. The summed E-state index contributed by atoms with van der Waals surface area (Å²) in [5.74, 6) is 0.324. The SMILES string of the molecule is N#C[C@H]1CCC=CCCC1. The van der Waals surface area contributed by atoms with E-state index in [9.17, 15) is 0 Å². The van der Waals surface area contributed by atoms with Gasteiger partial charge in [-0.15, -0.1) is 0 Å². The highest BCUT2D eigenvalue weighted by atomic mass is 14.3. The van der Waals surface area contributed by atoms with Crippen LogP contribution in [0.5, 0.6) is 0 Å². The fraction of sp³-hybridized carbons (Fsp3) is 0.667. The minimum atomic E-state index is 0.324. The minimum Gasteiger partial charge on any atom is -0.198 e. The van der Waals surface area contributed by atoms with Gasteiger partial charge in [-0.3, -0.25) is 0 Å². The number of rotatable bonds is 0. The van der Waals surface area contributed by atoms with Gasteiger partial charge >= 0.3 is 0 Å². The molecule has 1 heteroatoms. The van der Waals surface area contributed by atoms with Crippen molar-refractivity contribution < 1.29 is 0 Å². The van der Waals surface area contributed by atoms with E-state index in [2.05, 4.69) is 18.2 Å². The molecular weight excluding hydrogens is 122 g/mol. The summed E-state index contributed by atoms with van der Waals surface area (Å²) in [5, 5.41) is 8.63. The Morgan fingerprint density at radius 2 is 2.00 bits per heavy atom. The smallest absolute Gasteiger partial charge is 0.0655 e. The largest absolute Gasteiger partial charge is 0.198 e. The van der Waals surface area contributed by atoms with E-state index in [0.29, 0.717) is 5.92 Å². The number of nitrogens with zero attached hydrogens (tertiary/aromatic N) is 1. The molecule has 1 nitrogen and oxygen atoms in total. The molecule has 0 radical (unpaired) electrons. The van der Waals surface area contributed by atoms with Crippen LogP contribution in [0.2, 0.25) is 0 Å². The second-order valence-corrected chi connectivity index (χ2v) is 2.81. The van der Waals surface area contributed by atoms with Gasteiger partial charge in [-0.1, -0.05) is 12.2 Å². The molecule has 1 rings (SSSR count). The molecule has 0 saturated carbocycles. The molecule has 0 heterocycles. The van der Waals surface area contributed by atoms with Crippen LogP contribution in [0.25, 0.3) is 0 Å². The van der Waals surface area contributed by atoms with Crippen molar-refractivity contribution in [2.75, 3.05) is 0 Å². The van der Waals surface area contributed by atoms with Crippen molar-refractivity contribution in [3.05, 3.63) is 12.2 Å². The third kappa shape index (κ3) is 2.23. The van der Waals surface area contributed by atoms with Gasteiger partial charge in [0.05, 0.1) is 6.07 Å². The lowest BCUT2D eigenvalue weighted by molar-refractivity contribution is 0.531. The lowest BCUT2D eigenvalue weighted by atomic mass is 9.96. The molecule has 0 aromatic heterocycles. The van der Waals surface area contributed by atoms with Gasteiger partial charge in [0.2, 0.25) is 0 Å². The molecule has 0 amide bonds. The zero-order chi connectivity index (χ0) is 7.23. The molecule has 0 spiro atoms. The van der Waals surface area contributed by atoms with E-state index in [-0.39, 0.29) is 0 Å². The maximum atomic E-state index is 8.63. The van der Waals surface area contributed by atoms with Crippen molar-refractivity contribution >= 4 is 0 Å². The molecule has 0 aliphatic heterocycles. The van der Waals surface area contributed by atoms with Crippen molar-refractivity contribution in [3.8, 4) is 6.07 Å². The normalized spacial score (nSPS) is 26.5. The first-order valence-electron chi connectivity index (χ1n) is 3.98. The molecule has 10 heavy (non-hydrogen) atoms. The Morgan fingerprint density at radius 1 is 1.20 bits per heavy atom. The maximum absolute atomic E-state index is 8.63. The quantitative estimate of drug-likeness (QED) is 0.468. The first-order valence-corrected chi connectivity index (χ1v) is 3.98. The Kier molecular flexibility index (Phi) is 3.02. The molecule has 54 valence electrons. The van der Waals surface area contributed by atoms with Crippen molar-refractivity contribution in [3.63, 3.8) is 0 Å². The van der Waals surface area contributed by atoms with E-state index < -0.39 is 0 Å². The Labute approximate surface area is 62.4 Å². The summed E-state index contributed by atoms with van der Waals surface area (Å²) in [6, 6.07) is 2.34. The highest BCUT2D eigenvalue weighted by molar-refractivity contribution is 4.90. The number of hydrogen-bond donors (Lipinski definition) is 0. The topological polar surface area (TPSA) is 23.8 Å². The lowest BCUT2D eigenvalue weighted by Crippen LogP contribution is -1.97. The Bertz CT molecular complexity index is 153. The third-order valence-electron chi connectivity index (χ3n) is 1.95. The molecule has 0 fully saturated rings. The van der Waals surface area contributed by atoms with Crippen LogP contribution >= 0.6 is 0 Å². The number of nitriles is 1. The lowest BCUT2D eigenvalue weighted by Gasteiger charge is -2.07. The summed E-state index contributed by atoms with van der Waals surface area (Å²) in [6.45, 7) is 0. The van der Waals surface area contributed by atoms with E-state index in [4.69, 9.17) is 5.26 Å². The molecule has 0 aromatic carbocycles. The van der Waals surface area contributed by atoms with Gasteiger partial charge in [0.15, 0.2) is 0 Å². The molecule has 1 atom stereocenters. The van der Waals surface area contributed by atoms with Crippen LogP contribution < -0.4 is 0 Å². The van der Waals surface area contributed by atoms with Crippen LogP contribution in [0, 0.1) is 17.2 Å². The molecule has 0 unspecified atom stereocenters. The fourth-order valence-electron chi connectivity index (χ4n) is 1.29. The molecule has 0 bridgehead atoms. The van der Waals surface area contributed by atoms with E-state index in [1.807, 2.05) is 0 Å². The Balaban J connectivity index is 2.36. The van der Waals surface area contributed by atoms with Gasteiger partial charge in [0.1, 0.15) is 0 Å². The van der Waals surface area contributed by atoms with Gasteiger partial charge in [0.25, 0.3) is 0 Å². The molecule has 0 saturated heterocycles. The van der Waals surface area contributed by atoms with Gasteiger partial charge in [-0.2, -0.15) is 5.26 Å². The van der Waals surface area contributed by atoms with Gasteiger partial charge in [-0.05, 0) is 32.1 Å². The summed E-state index contributed by atoms with van der Waals surface area (Å²) in [6.07, 6.45) is 10.0. The highest BCUT2D eigenvalue weighted by Gasteiger charge is 2.06. The second-order valence-electron chi connectivity index (χ2n) is 2.81. The van der Waals surface area contributed by atoms with Crippen LogP contribution in [0.3, 0.4) is 0 Å². The third-order valence-corrected chi connectivity index (χ3v) is 1.95. The first kappa shape index (κ1) is 7.34. The molecule has 1 aliphatic carbocycles.